The molecular weight excluding hydrogens is 380 g/mol. The summed E-state index contributed by atoms with van der Waals surface area (Å²) in [6, 6.07) is 5.87. The first-order chi connectivity index (χ1) is 12.8. The highest BCUT2D eigenvalue weighted by molar-refractivity contribution is 5.97. The molecule has 1 atom stereocenters. The quantitative estimate of drug-likeness (QED) is 0.514. The van der Waals surface area contributed by atoms with E-state index in [1.54, 1.807) is 41.3 Å². The van der Waals surface area contributed by atoms with Gasteiger partial charge in [-0.05, 0) is 30.2 Å². The van der Waals surface area contributed by atoms with Crippen molar-refractivity contribution in [2.45, 2.75) is 19.9 Å². The minimum absolute atomic E-state index is 0. The first-order valence-electron chi connectivity index (χ1n) is 8.74. The van der Waals surface area contributed by atoms with Crippen molar-refractivity contribution in [2.24, 2.45) is 11.7 Å². The van der Waals surface area contributed by atoms with Crippen LogP contribution in [-0.2, 0) is 9.59 Å². The molecule has 0 bridgehead atoms. The molecule has 0 saturated carbocycles. The number of halogens is 1. The third-order valence-electron chi connectivity index (χ3n) is 3.85. The molecule has 8 heteroatoms. The minimum atomic E-state index is -0.655. The fraction of sp³-hybridized carbons (Fsp3) is 0.350. The highest BCUT2D eigenvalue weighted by atomic mass is 35.5. The number of nitrogens with zero attached hydrogens (tertiary/aromatic N) is 1. The lowest BCUT2D eigenvalue weighted by atomic mass is 10.1. The Bertz CT molecular complexity index is 679. The van der Waals surface area contributed by atoms with Gasteiger partial charge in [0.05, 0.1) is 12.6 Å². The molecule has 0 aromatic heterocycles. The lowest BCUT2D eigenvalue weighted by molar-refractivity contribution is -0.125. The van der Waals surface area contributed by atoms with E-state index >= 15 is 0 Å². The summed E-state index contributed by atoms with van der Waals surface area (Å²) in [7, 11) is 0. The van der Waals surface area contributed by atoms with Gasteiger partial charge in [0.2, 0.25) is 11.8 Å². The van der Waals surface area contributed by atoms with Crippen LogP contribution in [0.5, 0.6) is 0 Å². The van der Waals surface area contributed by atoms with E-state index in [0.29, 0.717) is 24.3 Å². The fourth-order valence-corrected chi connectivity index (χ4v) is 2.22. The zero-order chi connectivity index (χ0) is 20.4. The van der Waals surface area contributed by atoms with Gasteiger partial charge >= 0.3 is 0 Å². The molecule has 3 amide bonds. The van der Waals surface area contributed by atoms with E-state index in [0.717, 1.165) is 0 Å². The Kier molecular flexibility index (Phi) is 11.5. The van der Waals surface area contributed by atoms with Gasteiger partial charge in [0.1, 0.15) is 0 Å². The second-order valence-electron chi connectivity index (χ2n) is 6.40. The molecule has 0 radical (unpaired) electrons. The van der Waals surface area contributed by atoms with Crippen molar-refractivity contribution < 1.29 is 14.4 Å². The van der Waals surface area contributed by atoms with E-state index in [-0.39, 0.29) is 42.6 Å². The largest absolute Gasteiger partial charge is 0.346 e. The van der Waals surface area contributed by atoms with Gasteiger partial charge < -0.3 is 21.3 Å². The Labute approximate surface area is 172 Å². The maximum Gasteiger partial charge on any atom is 0.254 e. The maximum absolute atomic E-state index is 12.4. The second kappa shape index (κ2) is 12.7. The summed E-state index contributed by atoms with van der Waals surface area (Å²) in [4.78, 5) is 37.7. The molecule has 1 rings (SSSR count). The van der Waals surface area contributed by atoms with Gasteiger partial charge in [0.15, 0.2) is 0 Å². The van der Waals surface area contributed by atoms with E-state index < -0.39 is 6.04 Å². The smallest absolute Gasteiger partial charge is 0.254 e. The van der Waals surface area contributed by atoms with Crippen molar-refractivity contribution in [3.05, 3.63) is 55.1 Å². The van der Waals surface area contributed by atoms with Crippen LogP contribution in [-0.4, -0.2) is 48.3 Å². The molecule has 0 aliphatic carbocycles. The lowest BCUT2D eigenvalue weighted by Gasteiger charge is -2.19. The maximum atomic E-state index is 12.4. The van der Waals surface area contributed by atoms with Gasteiger partial charge in [-0.3, -0.25) is 14.4 Å². The molecule has 0 aliphatic rings. The molecule has 0 spiro atoms. The molecular formula is C20H29ClN4O3. The van der Waals surface area contributed by atoms with Crippen LogP contribution in [0.2, 0.25) is 0 Å². The van der Waals surface area contributed by atoms with Gasteiger partial charge in [0.25, 0.3) is 5.91 Å². The van der Waals surface area contributed by atoms with Crippen molar-refractivity contribution in [1.29, 1.82) is 0 Å². The topological polar surface area (TPSA) is 105 Å². The molecule has 4 N–H and O–H groups in total. The molecule has 0 fully saturated rings. The Hall–Kier alpha value is -2.64. The Morgan fingerprint density at radius 1 is 1.11 bits per heavy atom. The van der Waals surface area contributed by atoms with E-state index in [1.165, 1.54) is 0 Å². The van der Waals surface area contributed by atoms with Gasteiger partial charge in [-0.2, -0.15) is 0 Å². The first-order valence-corrected chi connectivity index (χ1v) is 8.74. The van der Waals surface area contributed by atoms with Crippen LogP contribution < -0.4 is 16.4 Å². The number of hydrogen-bond acceptors (Lipinski definition) is 4. The third-order valence-corrected chi connectivity index (χ3v) is 3.85. The van der Waals surface area contributed by atoms with Crippen LogP contribution in [0.1, 0.15) is 24.2 Å². The Morgan fingerprint density at radius 3 is 2.11 bits per heavy atom. The first kappa shape index (κ1) is 25.4. The molecule has 154 valence electrons. The van der Waals surface area contributed by atoms with Crippen LogP contribution in [0.4, 0.5) is 5.69 Å². The summed E-state index contributed by atoms with van der Waals surface area (Å²) >= 11 is 0. The Balaban J connectivity index is 0.00000729. The lowest BCUT2D eigenvalue weighted by Crippen LogP contribution is -2.46. The summed E-state index contributed by atoms with van der Waals surface area (Å²) in [6.07, 6.45) is 3.30. The second-order valence-corrected chi connectivity index (χ2v) is 6.40. The summed E-state index contributed by atoms with van der Waals surface area (Å²) in [5.41, 5.74) is 6.74. The monoisotopic (exact) mass is 408 g/mol. The number of benzene rings is 1. The van der Waals surface area contributed by atoms with E-state index in [1.807, 2.05) is 13.8 Å². The number of carbonyl (C=O) groups is 3. The van der Waals surface area contributed by atoms with E-state index in [9.17, 15) is 14.4 Å². The standard InChI is InChI=1S/C20H28N4O3.ClH/c1-5-11-24(12-6-2)20(27)15-7-9-16(10-8-15)23-17(25)13-22-19(26)18(21)14(3)4;/h5-10,14,18H,1-2,11-13,21H2,3-4H3,(H,22,26)(H,23,25);1H/t18-;/m0./s1. The number of anilines is 1. The van der Waals surface area contributed by atoms with Gasteiger partial charge in [-0.1, -0.05) is 26.0 Å². The van der Waals surface area contributed by atoms with Crippen LogP contribution in [0.3, 0.4) is 0 Å². The summed E-state index contributed by atoms with van der Waals surface area (Å²) in [6.45, 7) is 11.6. The van der Waals surface area contributed by atoms with E-state index in [4.69, 9.17) is 5.73 Å². The molecule has 7 nitrogen and oxygen atoms in total. The number of amides is 3. The summed E-state index contributed by atoms with van der Waals surface area (Å²) in [5.74, 6) is -0.911. The van der Waals surface area contributed by atoms with Crippen molar-refractivity contribution in [1.82, 2.24) is 10.2 Å². The molecule has 28 heavy (non-hydrogen) atoms. The molecule has 1 aromatic carbocycles. The van der Waals surface area contributed by atoms with Crippen molar-refractivity contribution in [3.8, 4) is 0 Å². The predicted octanol–water partition coefficient (Wildman–Crippen LogP) is 1.96. The summed E-state index contributed by atoms with van der Waals surface area (Å²) in [5, 5.41) is 5.16. The average Bonchev–Trinajstić information content (AvgIpc) is 2.65. The number of nitrogens with two attached hydrogens (primary N) is 1. The average molecular weight is 409 g/mol. The van der Waals surface area contributed by atoms with Crippen LogP contribution in [0, 0.1) is 5.92 Å². The van der Waals surface area contributed by atoms with Crippen molar-refractivity contribution >= 4 is 35.8 Å². The molecule has 0 unspecified atom stereocenters. The predicted molar refractivity (Wildman–Crippen MR) is 114 cm³/mol. The zero-order valence-electron chi connectivity index (χ0n) is 16.3. The number of hydrogen-bond donors (Lipinski definition) is 3. The molecule has 0 aliphatic heterocycles. The van der Waals surface area contributed by atoms with Crippen molar-refractivity contribution in [2.75, 3.05) is 25.0 Å². The number of nitrogens with one attached hydrogen (secondary N) is 2. The molecule has 0 heterocycles. The SMILES string of the molecule is C=CCN(CC=C)C(=O)c1ccc(NC(=O)CNC(=O)[C@@H](N)C(C)C)cc1.Cl. The van der Waals surface area contributed by atoms with Gasteiger partial charge in [-0.25, -0.2) is 0 Å². The van der Waals surface area contributed by atoms with Gasteiger partial charge in [-0.15, -0.1) is 25.6 Å². The normalized spacial score (nSPS) is 11.0. The van der Waals surface area contributed by atoms with Crippen molar-refractivity contribution in [3.63, 3.8) is 0 Å². The number of rotatable bonds is 10. The van der Waals surface area contributed by atoms with Crippen LogP contribution >= 0.6 is 12.4 Å². The highest BCUT2D eigenvalue weighted by Crippen LogP contribution is 2.12. The van der Waals surface area contributed by atoms with E-state index in [2.05, 4.69) is 23.8 Å². The number of carbonyl (C=O) groups excluding carboxylic acids is 3. The Morgan fingerprint density at radius 2 is 1.64 bits per heavy atom. The molecule has 1 aromatic rings. The third kappa shape index (κ3) is 7.94. The van der Waals surface area contributed by atoms with Gasteiger partial charge in [0, 0.05) is 24.3 Å². The highest BCUT2D eigenvalue weighted by Gasteiger charge is 2.18. The zero-order valence-corrected chi connectivity index (χ0v) is 17.1. The minimum Gasteiger partial charge on any atom is -0.346 e. The fourth-order valence-electron chi connectivity index (χ4n) is 2.22. The van der Waals surface area contributed by atoms with Crippen LogP contribution in [0.25, 0.3) is 0 Å². The molecule has 0 saturated heterocycles. The summed E-state index contributed by atoms with van der Waals surface area (Å²) < 4.78 is 0. The van der Waals surface area contributed by atoms with Crippen LogP contribution in [0.15, 0.2) is 49.6 Å².